The number of amides is 1. The highest BCUT2D eigenvalue weighted by Gasteiger charge is 2.06. The SMILES string of the molecule is C[C@@H](NC(=O)/C=C/c1cccc(N)c1)c1ccncc1. The molecule has 1 aromatic carbocycles. The summed E-state index contributed by atoms with van der Waals surface area (Å²) >= 11 is 0. The van der Waals surface area contributed by atoms with Crippen LogP contribution in [0.25, 0.3) is 6.08 Å². The maximum Gasteiger partial charge on any atom is 0.244 e. The predicted molar refractivity (Wildman–Crippen MR) is 80.7 cm³/mol. The maximum atomic E-state index is 11.8. The van der Waals surface area contributed by atoms with E-state index in [4.69, 9.17) is 5.73 Å². The van der Waals surface area contributed by atoms with Crippen LogP contribution >= 0.6 is 0 Å². The predicted octanol–water partition coefficient (Wildman–Crippen LogP) is 2.55. The van der Waals surface area contributed by atoms with E-state index in [1.54, 1.807) is 18.5 Å². The number of nitrogens with two attached hydrogens (primary N) is 1. The number of nitrogens with zero attached hydrogens (tertiary/aromatic N) is 1. The highest BCUT2D eigenvalue weighted by molar-refractivity contribution is 5.92. The summed E-state index contributed by atoms with van der Waals surface area (Å²) in [5, 5.41) is 2.90. The number of aromatic nitrogens is 1. The summed E-state index contributed by atoms with van der Waals surface area (Å²) in [6.07, 6.45) is 6.67. The van der Waals surface area contributed by atoms with Crippen LogP contribution in [-0.4, -0.2) is 10.9 Å². The van der Waals surface area contributed by atoms with Crippen molar-refractivity contribution in [1.29, 1.82) is 0 Å². The molecule has 102 valence electrons. The fourth-order valence-corrected chi connectivity index (χ4v) is 1.83. The molecule has 0 aliphatic rings. The third-order valence-corrected chi connectivity index (χ3v) is 2.90. The van der Waals surface area contributed by atoms with Crippen molar-refractivity contribution < 1.29 is 4.79 Å². The highest BCUT2D eigenvalue weighted by atomic mass is 16.1. The van der Waals surface area contributed by atoms with Gasteiger partial charge in [0.15, 0.2) is 0 Å². The quantitative estimate of drug-likeness (QED) is 0.660. The van der Waals surface area contributed by atoms with Crippen LogP contribution in [0.15, 0.2) is 54.9 Å². The molecule has 2 aromatic rings. The fourth-order valence-electron chi connectivity index (χ4n) is 1.83. The molecule has 3 N–H and O–H groups in total. The van der Waals surface area contributed by atoms with Crippen LogP contribution in [-0.2, 0) is 4.79 Å². The lowest BCUT2D eigenvalue weighted by Crippen LogP contribution is -2.24. The summed E-state index contributed by atoms with van der Waals surface area (Å²) in [7, 11) is 0. The normalized spacial score (nSPS) is 12.2. The summed E-state index contributed by atoms with van der Waals surface area (Å²) in [6.45, 7) is 1.93. The molecule has 0 spiro atoms. The third kappa shape index (κ3) is 3.95. The molecule has 0 aliphatic carbocycles. The van der Waals surface area contributed by atoms with Gasteiger partial charge in [-0.05, 0) is 48.4 Å². The number of rotatable bonds is 4. The molecular weight excluding hydrogens is 250 g/mol. The molecule has 0 aliphatic heterocycles. The first-order valence-corrected chi connectivity index (χ1v) is 6.39. The Bertz CT molecular complexity index is 608. The van der Waals surface area contributed by atoms with Gasteiger partial charge in [-0.3, -0.25) is 9.78 Å². The Morgan fingerprint density at radius 2 is 2.05 bits per heavy atom. The number of pyridine rings is 1. The Balaban J connectivity index is 1.96. The van der Waals surface area contributed by atoms with Crippen molar-refractivity contribution in [3.05, 3.63) is 66.0 Å². The smallest absolute Gasteiger partial charge is 0.244 e. The van der Waals surface area contributed by atoms with Crippen molar-refractivity contribution >= 4 is 17.7 Å². The number of anilines is 1. The number of carbonyl (C=O) groups is 1. The van der Waals surface area contributed by atoms with Crippen molar-refractivity contribution in [1.82, 2.24) is 10.3 Å². The van der Waals surface area contributed by atoms with Crippen molar-refractivity contribution in [3.8, 4) is 0 Å². The molecule has 0 saturated heterocycles. The number of hydrogen-bond donors (Lipinski definition) is 2. The van der Waals surface area contributed by atoms with Gasteiger partial charge in [0.25, 0.3) is 0 Å². The van der Waals surface area contributed by atoms with Gasteiger partial charge in [-0.15, -0.1) is 0 Å². The second kappa shape index (κ2) is 6.52. The largest absolute Gasteiger partial charge is 0.399 e. The Kier molecular flexibility index (Phi) is 4.50. The van der Waals surface area contributed by atoms with Crippen molar-refractivity contribution in [2.75, 3.05) is 5.73 Å². The van der Waals surface area contributed by atoms with Gasteiger partial charge in [0.1, 0.15) is 0 Å². The van der Waals surface area contributed by atoms with E-state index in [1.807, 2.05) is 43.3 Å². The summed E-state index contributed by atoms with van der Waals surface area (Å²) < 4.78 is 0. The number of benzene rings is 1. The lowest BCUT2D eigenvalue weighted by Gasteiger charge is -2.12. The summed E-state index contributed by atoms with van der Waals surface area (Å²) in [5.74, 6) is -0.142. The zero-order valence-electron chi connectivity index (χ0n) is 11.3. The average molecular weight is 267 g/mol. The van der Waals surface area contributed by atoms with Gasteiger partial charge >= 0.3 is 0 Å². The van der Waals surface area contributed by atoms with Crippen LogP contribution in [0, 0.1) is 0 Å². The zero-order chi connectivity index (χ0) is 14.4. The number of carbonyl (C=O) groups excluding carboxylic acids is 1. The first-order valence-electron chi connectivity index (χ1n) is 6.39. The van der Waals surface area contributed by atoms with E-state index < -0.39 is 0 Å². The average Bonchev–Trinajstić information content (AvgIpc) is 2.46. The second-order valence-electron chi connectivity index (χ2n) is 4.51. The van der Waals surface area contributed by atoms with Crippen molar-refractivity contribution in [2.45, 2.75) is 13.0 Å². The summed E-state index contributed by atoms with van der Waals surface area (Å²) in [6, 6.07) is 11.1. The van der Waals surface area contributed by atoms with Crippen LogP contribution in [0.3, 0.4) is 0 Å². The first kappa shape index (κ1) is 13.8. The van der Waals surface area contributed by atoms with E-state index in [-0.39, 0.29) is 11.9 Å². The minimum absolute atomic E-state index is 0.0593. The molecule has 0 bridgehead atoms. The van der Waals surface area contributed by atoms with Gasteiger partial charge in [-0.25, -0.2) is 0 Å². The van der Waals surface area contributed by atoms with Crippen LogP contribution in [0.5, 0.6) is 0 Å². The van der Waals surface area contributed by atoms with Crippen molar-refractivity contribution in [3.63, 3.8) is 0 Å². The fraction of sp³-hybridized carbons (Fsp3) is 0.125. The molecule has 1 amide bonds. The molecule has 1 aromatic heterocycles. The van der Waals surface area contributed by atoms with Gasteiger partial charge in [0.05, 0.1) is 6.04 Å². The standard InChI is InChI=1S/C16H17N3O/c1-12(14-7-9-18-10-8-14)19-16(20)6-5-13-3-2-4-15(17)11-13/h2-12H,17H2,1H3,(H,19,20)/b6-5+/t12-/m1/s1. The molecule has 0 radical (unpaired) electrons. The minimum atomic E-state index is -0.142. The molecule has 4 heteroatoms. The van der Waals surface area contributed by atoms with Crippen molar-refractivity contribution in [2.24, 2.45) is 0 Å². The van der Waals surface area contributed by atoms with E-state index in [1.165, 1.54) is 6.08 Å². The lowest BCUT2D eigenvalue weighted by molar-refractivity contribution is -0.117. The Hall–Kier alpha value is -2.62. The molecule has 20 heavy (non-hydrogen) atoms. The van der Waals surface area contributed by atoms with E-state index in [2.05, 4.69) is 10.3 Å². The van der Waals surface area contributed by atoms with Gasteiger partial charge in [-0.1, -0.05) is 12.1 Å². The molecule has 1 heterocycles. The molecule has 2 rings (SSSR count). The summed E-state index contributed by atoms with van der Waals surface area (Å²) in [5.41, 5.74) is 8.28. The number of nitrogens with one attached hydrogen (secondary N) is 1. The summed E-state index contributed by atoms with van der Waals surface area (Å²) in [4.78, 5) is 15.8. The second-order valence-corrected chi connectivity index (χ2v) is 4.51. The number of hydrogen-bond acceptors (Lipinski definition) is 3. The Morgan fingerprint density at radius 1 is 1.30 bits per heavy atom. The van der Waals surface area contributed by atoms with E-state index in [0.717, 1.165) is 11.1 Å². The van der Waals surface area contributed by atoms with Gasteiger partial charge < -0.3 is 11.1 Å². The maximum absolute atomic E-state index is 11.8. The van der Waals surface area contributed by atoms with Crippen LogP contribution in [0.4, 0.5) is 5.69 Å². The Labute approximate surface area is 118 Å². The van der Waals surface area contributed by atoms with Gasteiger partial charge in [-0.2, -0.15) is 0 Å². The van der Waals surface area contributed by atoms with E-state index >= 15 is 0 Å². The monoisotopic (exact) mass is 267 g/mol. The molecular formula is C16H17N3O. The highest BCUT2D eigenvalue weighted by Crippen LogP contribution is 2.11. The lowest BCUT2D eigenvalue weighted by atomic mass is 10.1. The minimum Gasteiger partial charge on any atom is -0.399 e. The Morgan fingerprint density at radius 3 is 2.75 bits per heavy atom. The van der Waals surface area contributed by atoms with Gasteiger partial charge in [0, 0.05) is 24.2 Å². The zero-order valence-corrected chi connectivity index (χ0v) is 11.3. The third-order valence-electron chi connectivity index (χ3n) is 2.90. The van der Waals surface area contributed by atoms with E-state index in [0.29, 0.717) is 5.69 Å². The van der Waals surface area contributed by atoms with Gasteiger partial charge in [0.2, 0.25) is 5.91 Å². The molecule has 0 fully saturated rings. The van der Waals surface area contributed by atoms with Crippen LogP contribution in [0.1, 0.15) is 24.1 Å². The molecule has 1 atom stereocenters. The first-order chi connectivity index (χ1) is 9.65. The van der Waals surface area contributed by atoms with Crippen LogP contribution < -0.4 is 11.1 Å². The van der Waals surface area contributed by atoms with E-state index in [9.17, 15) is 4.79 Å². The number of nitrogen functional groups attached to an aromatic ring is 1. The molecule has 0 saturated carbocycles. The topological polar surface area (TPSA) is 68.0 Å². The molecule has 4 nitrogen and oxygen atoms in total. The van der Waals surface area contributed by atoms with Crippen LogP contribution in [0.2, 0.25) is 0 Å². The molecule has 0 unspecified atom stereocenters.